The van der Waals surface area contributed by atoms with Gasteiger partial charge in [-0.3, -0.25) is 4.79 Å². The highest BCUT2D eigenvalue weighted by Gasteiger charge is 2.30. The summed E-state index contributed by atoms with van der Waals surface area (Å²) in [5, 5.41) is 22.6. The molecule has 146 valence electrons. The largest absolute Gasteiger partial charge is 0.508 e. The Morgan fingerprint density at radius 1 is 1.14 bits per heavy atom. The highest BCUT2D eigenvalue weighted by molar-refractivity contribution is 6.04. The lowest BCUT2D eigenvalue weighted by atomic mass is 10.0. The second-order valence-corrected chi connectivity index (χ2v) is 5.77. The van der Waals surface area contributed by atoms with Crippen LogP contribution in [0.25, 0.3) is 10.6 Å². The van der Waals surface area contributed by atoms with Gasteiger partial charge >= 0.3 is 12.2 Å². The molecule has 0 saturated heterocycles. The van der Waals surface area contributed by atoms with Crippen LogP contribution in [0.3, 0.4) is 0 Å². The molecule has 0 unspecified atom stereocenters. The number of allylic oxidation sites excluding steroid dienone is 1. The number of phenols is 2. The summed E-state index contributed by atoms with van der Waals surface area (Å²) in [7, 11) is 0. The molecule has 0 aliphatic rings. The summed E-state index contributed by atoms with van der Waals surface area (Å²) in [5.74, 6) is -1.30. The average molecular weight is 393 g/mol. The van der Waals surface area contributed by atoms with E-state index in [2.05, 4.69) is 11.1 Å². The SMILES string of the molecule is CC(=C(C#[N+]OCc1ccc(C(F)(F)F)cc1)C(N)=O)c1cc(O)cc(O)c1. The summed E-state index contributed by atoms with van der Waals surface area (Å²) in [6, 6.07) is 10.4. The maximum absolute atomic E-state index is 12.5. The number of aromatic hydroxyl groups is 2. The van der Waals surface area contributed by atoms with Crippen molar-refractivity contribution in [3.8, 4) is 17.6 Å². The number of nitrogens with zero attached hydrogens (tertiary/aromatic N) is 1. The summed E-state index contributed by atoms with van der Waals surface area (Å²) >= 11 is 0. The van der Waals surface area contributed by atoms with Crippen molar-refractivity contribution in [1.82, 2.24) is 0 Å². The molecule has 0 bridgehead atoms. The van der Waals surface area contributed by atoms with Gasteiger partial charge in [0.05, 0.1) is 5.56 Å². The Bertz CT molecular complexity index is 951. The van der Waals surface area contributed by atoms with Gasteiger partial charge in [0.15, 0.2) is 5.57 Å². The van der Waals surface area contributed by atoms with Gasteiger partial charge in [-0.25, -0.2) is 0 Å². The molecule has 9 heteroatoms. The summed E-state index contributed by atoms with van der Waals surface area (Å²) in [5.41, 5.74) is 5.38. The lowest BCUT2D eigenvalue weighted by Gasteiger charge is -2.05. The molecule has 0 aromatic heterocycles. The molecule has 0 radical (unpaired) electrons. The number of rotatable bonds is 4. The Labute approximate surface area is 158 Å². The predicted octanol–water partition coefficient (Wildman–Crippen LogP) is 3.84. The van der Waals surface area contributed by atoms with Crippen LogP contribution in [-0.4, -0.2) is 16.1 Å². The molecule has 1 amide bonds. The van der Waals surface area contributed by atoms with Crippen molar-refractivity contribution >= 4 is 11.5 Å². The standard InChI is InChI=1S/C19H15F3N2O4/c1-11(13-6-15(25)8-16(26)7-13)17(18(23)27)9-24-28-10-12-2-4-14(5-3-12)19(20,21)22/h2-8H,10H2,1H3,(H3-,23,25,26,27)/p+1. The smallest absolute Gasteiger partial charge is 0.416 e. The van der Waals surface area contributed by atoms with E-state index in [0.29, 0.717) is 11.1 Å². The molecule has 0 spiro atoms. The zero-order chi connectivity index (χ0) is 20.9. The molecule has 0 saturated carbocycles. The van der Waals surface area contributed by atoms with E-state index in [1.165, 1.54) is 31.2 Å². The third-order valence-corrected chi connectivity index (χ3v) is 3.69. The van der Waals surface area contributed by atoms with Gasteiger partial charge in [-0.05, 0) is 47.9 Å². The zero-order valence-electron chi connectivity index (χ0n) is 14.6. The quantitative estimate of drug-likeness (QED) is 0.418. The molecule has 0 atom stereocenters. The lowest BCUT2D eigenvalue weighted by Crippen LogP contribution is -2.14. The van der Waals surface area contributed by atoms with Crippen molar-refractivity contribution in [1.29, 1.82) is 0 Å². The third kappa shape index (κ3) is 5.41. The van der Waals surface area contributed by atoms with E-state index < -0.39 is 17.6 Å². The van der Waals surface area contributed by atoms with Gasteiger partial charge in [0.1, 0.15) is 11.5 Å². The first kappa shape index (κ1) is 20.6. The number of halogens is 3. The Hall–Kier alpha value is -3.67. The van der Waals surface area contributed by atoms with Gasteiger partial charge in [-0.2, -0.15) is 18.0 Å². The maximum atomic E-state index is 12.5. The van der Waals surface area contributed by atoms with E-state index in [4.69, 9.17) is 10.6 Å². The molecule has 0 aliphatic carbocycles. The molecule has 2 rings (SSSR count). The Kier molecular flexibility index (Phi) is 6.15. The summed E-state index contributed by atoms with van der Waals surface area (Å²) in [6.45, 7) is 1.36. The number of primary amides is 1. The highest BCUT2D eigenvalue weighted by atomic mass is 19.4. The third-order valence-electron chi connectivity index (χ3n) is 3.69. The first-order valence-corrected chi connectivity index (χ1v) is 7.86. The van der Waals surface area contributed by atoms with Gasteiger partial charge in [-0.15, -0.1) is 0 Å². The number of amides is 1. The Balaban J connectivity index is 2.16. The van der Waals surface area contributed by atoms with Crippen LogP contribution in [0, 0.1) is 6.07 Å². The summed E-state index contributed by atoms with van der Waals surface area (Å²) in [4.78, 5) is 16.6. The first-order valence-electron chi connectivity index (χ1n) is 7.86. The molecule has 28 heavy (non-hydrogen) atoms. The van der Waals surface area contributed by atoms with Crippen LogP contribution in [0.1, 0.15) is 23.6 Å². The summed E-state index contributed by atoms with van der Waals surface area (Å²) < 4.78 is 37.5. The van der Waals surface area contributed by atoms with Crippen molar-refractivity contribution in [3.05, 3.63) is 69.7 Å². The number of nitrogens with two attached hydrogens (primary N) is 1. The molecule has 4 N–H and O–H groups in total. The average Bonchev–Trinajstić information content (AvgIpc) is 2.59. The van der Waals surface area contributed by atoms with Crippen LogP contribution < -0.4 is 5.73 Å². The van der Waals surface area contributed by atoms with Crippen LogP contribution in [0.5, 0.6) is 11.5 Å². The van der Waals surface area contributed by atoms with Crippen molar-refractivity contribution in [2.75, 3.05) is 0 Å². The normalized spacial score (nSPS) is 11.9. The van der Waals surface area contributed by atoms with Crippen molar-refractivity contribution < 1.29 is 33.0 Å². The molecule has 0 fully saturated rings. The van der Waals surface area contributed by atoms with Crippen molar-refractivity contribution in [2.24, 2.45) is 5.73 Å². The highest BCUT2D eigenvalue weighted by Crippen LogP contribution is 2.29. The van der Waals surface area contributed by atoms with Gasteiger partial charge in [-0.1, -0.05) is 12.1 Å². The van der Waals surface area contributed by atoms with Gasteiger partial charge in [0.25, 0.3) is 5.91 Å². The van der Waals surface area contributed by atoms with Crippen LogP contribution in [0.15, 0.2) is 48.0 Å². The van der Waals surface area contributed by atoms with E-state index in [9.17, 15) is 28.2 Å². The zero-order valence-corrected chi connectivity index (χ0v) is 14.6. The molecule has 0 aliphatic heterocycles. The van der Waals surface area contributed by atoms with E-state index in [0.717, 1.165) is 18.2 Å². The first-order chi connectivity index (χ1) is 13.1. The molecular weight excluding hydrogens is 377 g/mol. The molecule has 2 aromatic carbocycles. The van der Waals surface area contributed by atoms with Crippen LogP contribution in [0.2, 0.25) is 0 Å². The second kappa shape index (κ2) is 8.35. The maximum Gasteiger partial charge on any atom is 0.416 e. The minimum atomic E-state index is -4.43. The number of carbonyl (C=O) groups is 1. The predicted molar refractivity (Wildman–Crippen MR) is 95.0 cm³/mol. The fourth-order valence-electron chi connectivity index (χ4n) is 2.25. The van der Waals surface area contributed by atoms with Crippen LogP contribution >= 0.6 is 0 Å². The minimum absolute atomic E-state index is 0.150. The fraction of sp³-hybridized carbons (Fsp3) is 0.158. The van der Waals surface area contributed by atoms with Gasteiger partial charge in [0, 0.05) is 6.07 Å². The number of hydrogen-bond donors (Lipinski definition) is 3. The number of alkyl halides is 3. The van der Waals surface area contributed by atoms with E-state index in [1.54, 1.807) is 0 Å². The number of carbonyl (C=O) groups excluding carboxylic acids is 1. The minimum Gasteiger partial charge on any atom is -0.508 e. The monoisotopic (exact) mass is 393 g/mol. The van der Waals surface area contributed by atoms with Crippen LogP contribution in [-0.2, 0) is 22.4 Å². The van der Waals surface area contributed by atoms with E-state index >= 15 is 0 Å². The second-order valence-electron chi connectivity index (χ2n) is 5.77. The summed E-state index contributed by atoms with van der Waals surface area (Å²) in [6.07, 6.45) is -4.43. The van der Waals surface area contributed by atoms with Crippen LogP contribution in [0.4, 0.5) is 13.2 Å². The van der Waals surface area contributed by atoms with Gasteiger partial charge in [0.2, 0.25) is 11.6 Å². The van der Waals surface area contributed by atoms with Crippen molar-refractivity contribution in [3.63, 3.8) is 0 Å². The number of phenolic OH excluding ortho intramolecular Hbond substituents is 2. The lowest BCUT2D eigenvalue weighted by molar-refractivity contribution is -0.137. The molecule has 2 aromatic rings. The number of benzene rings is 2. The topological polar surface area (TPSA) is 97.1 Å². The Morgan fingerprint density at radius 3 is 2.21 bits per heavy atom. The molecular formula is C19H16F3N2O4+. The van der Waals surface area contributed by atoms with Crippen molar-refractivity contribution in [2.45, 2.75) is 19.7 Å². The molecule has 0 heterocycles. The molecule has 6 nitrogen and oxygen atoms in total. The van der Waals surface area contributed by atoms with Gasteiger partial charge < -0.3 is 15.9 Å². The van der Waals surface area contributed by atoms with E-state index in [-0.39, 0.29) is 29.3 Å². The number of hydrogen-bond acceptors (Lipinski definition) is 4. The van der Waals surface area contributed by atoms with E-state index in [1.807, 2.05) is 0 Å². The Morgan fingerprint density at radius 2 is 1.71 bits per heavy atom. The fourth-order valence-corrected chi connectivity index (χ4v) is 2.25.